The lowest BCUT2D eigenvalue weighted by atomic mass is 10.2. The van der Waals surface area contributed by atoms with Gasteiger partial charge in [-0.3, -0.25) is 5.32 Å². The van der Waals surface area contributed by atoms with Crippen molar-refractivity contribution in [2.75, 3.05) is 10.6 Å². The van der Waals surface area contributed by atoms with Crippen LogP contribution in [0.5, 0.6) is 0 Å². The number of amides is 2. The molecule has 20 heavy (non-hydrogen) atoms. The Bertz CT molecular complexity index is 629. The summed E-state index contributed by atoms with van der Waals surface area (Å²) in [5.41, 5.74) is 2.41. The molecule has 0 bridgehead atoms. The molecule has 1 fully saturated rings. The second-order valence-electron chi connectivity index (χ2n) is 5.08. The van der Waals surface area contributed by atoms with Crippen LogP contribution in [-0.2, 0) is 0 Å². The third-order valence-electron chi connectivity index (χ3n) is 3.23. The molecule has 0 aliphatic heterocycles. The van der Waals surface area contributed by atoms with Gasteiger partial charge in [0.1, 0.15) is 17.2 Å². The van der Waals surface area contributed by atoms with Gasteiger partial charge in [0.15, 0.2) is 5.76 Å². The fourth-order valence-electron chi connectivity index (χ4n) is 1.97. The van der Waals surface area contributed by atoms with Crippen molar-refractivity contribution < 1.29 is 9.32 Å². The molecule has 0 unspecified atom stereocenters. The van der Waals surface area contributed by atoms with E-state index in [2.05, 4.69) is 20.8 Å². The molecule has 3 rings (SSSR count). The SMILES string of the molecule is Cc1ccc(NC(=O)Nc2c(C)noc2C2CC2)nc1. The standard InChI is InChI=1S/C14H16N4O2/c1-8-3-6-11(15-7-8)16-14(19)17-12-9(2)18-20-13(12)10-4-5-10/h3,6-7,10H,4-5H2,1-2H3,(H2,15,16,17,19). The highest BCUT2D eigenvalue weighted by Gasteiger charge is 2.32. The van der Waals surface area contributed by atoms with E-state index < -0.39 is 0 Å². The Morgan fingerprint density at radius 3 is 2.75 bits per heavy atom. The summed E-state index contributed by atoms with van der Waals surface area (Å²) in [6.45, 7) is 3.76. The maximum atomic E-state index is 12.0. The quantitative estimate of drug-likeness (QED) is 0.899. The summed E-state index contributed by atoms with van der Waals surface area (Å²) in [5, 5.41) is 9.40. The first kappa shape index (κ1) is 12.7. The van der Waals surface area contributed by atoms with Crippen molar-refractivity contribution >= 4 is 17.5 Å². The number of nitrogens with one attached hydrogen (secondary N) is 2. The maximum Gasteiger partial charge on any atom is 0.325 e. The number of hydrogen-bond donors (Lipinski definition) is 2. The molecule has 0 atom stereocenters. The highest BCUT2D eigenvalue weighted by molar-refractivity contribution is 5.99. The zero-order valence-corrected chi connectivity index (χ0v) is 11.4. The number of aryl methyl sites for hydroxylation is 2. The summed E-state index contributed by atoms with van der Waals surface area (Å²) in [4.78, 5) is 16.1. The van der Waals surface area contributed by atoms with E-state index in [1.165, 1.54) is 0 Å². The number of aromatic nitrogens is 2. The van der Waals surface area contributed by atoms with Crippen LogP contribution in [0.15, 0.2) is 22.9 Å². The summed E-state index contributed by atoms with van der Waals surface area (Å²) in [5.74, 6) is 1.67. The van der Waals surface area contributed by atoms with Gasteiger partial charge in [0.05, 0.1) is 0 Å². The Kier molecular flexibility index (Phi) is 3.14. The van der Waals surface area contributed by atoms with Crippen LogP contribution in [0.3, 0.4) is 0 Å². The topological polar surface area (TPSA) is 80.0 Å². The molecule has 0 aromatic carbocycles. The number of anilines is 2. The highest BCUT2D eigenvalue weighted by Crippen LogP contribution is 2.44. The summed E-state index contributed by atoms with van der Waals surface area (Å²) in [6.07, 6.45) is 3.88. The van der Waals surface area contributed by atoms with E-state index in [-0.39, 0.29) is 6.03 Å². The predicted octanol–water partition coefficient (Wildman–Crippen LogP) is 3.21. The van der Waals surface area contributed by atoms with E-state index in [9.17, 15) is 4.79 Å². The molecule has 104 valence electrons. The lowest BCUT2D eigenvalue weighted by Crippen LogP contribution is -2.20. The van der Waals surface area contributed by atoms with Crippen LogP contribution in [0.2, 0.25) is 0 Å². The Balaban J connectivity index is 1.69. The van der Waals surface area contributed by atoms with Gasteiger partial charge in [0, 0.05) is 12.1 Å². The fraction of sp³-hybridized carbons (Fsp3) is 0.357. The molecule has 1 saturated carbocycles. The zero-order valence-electron chi connectivity index (χ0n) is 11.4. The molecule has 2 N–H and O–H groups in total. The average Bonchev–Trinajstić information content (AvgIpc) is 3.19. The summed E-state index contributed by atoms with van der Waals surface area (Å²) >= 11 is 0. The minimum Gasteiger partial charge on any atom is -0.359 e. The van der Waals surface area contributed by atoms with E-state index in [1.54, 1.807) is 12.3 Å². The summed E-state index contributed by atoms with van der Waals surface area (Å²) in [6, 6.07) is 3.31. The molecule has 0 spiro atoms. The average molecular weight is 272 g/mol. The normalized spacial score (nSPS) is 14.1. The Hall–Kier alpha value is -2.37. The van der Waals surface area contributed by atoms with E-state index in [0.717, 1.165) is 24.2 Å². The smallest absolute Gasteiger partial charge is 0.325 e. The number of hydrogen-bond acceptors (Lipinski definition) is 4. The van der Waals surface area contributed by atoms with Gasteiger partial charge in [-0.1, -0.05) is 11.2 Å². The van der Waals surface area contributed by atoms with Crippen LogP contribution in [0.4, 0.5) is 16.3 Å². The van der Waals surface area contributed by atoms with Gasteiger partial charge in [-0.2, -0.15) is 0 Å². The number of rotatable bonds is 3. The fourth-order valence-corrected chi connectivity index (χ4v) is 1.97. The minimum absolute atomic E-state index is 0.338. The third-order valence-corrected chi connectivity index (χ3v) is 3.23. The monoisotopic (exact) mass is 272 g/mol. The largest absolute Gasteiger partial charge is 0.359 e. The molecule has 0 saturated heterocycles. The second kappa shape index (κ2) is 4.96. The molecular formula is C14H16N4O2. The van der Waals surface area contributed by atoms with Crippen molar-refractivity contribution in [3.8, 4) is 0 Å². The van der Waals surface area contributed by atoms with E-state index in [4.69, 9.17) is 4.52 Å². The number of pyridine rings is 1. The van der Waals surface area contributed by atoms with Gasteiger partial charge >= 0.3 is 6.03 Å². The van der Waals surface area contributed by atoms with Crippen LogP contribution in [0.1, 0.15) is 35.8 Å². The van der Waals surface area contributed by atoms with Gasteiger partial charge in [-0.25, -0.2) is 9.78 Å². The third kappa shape index (κ3) is 2.64. The second-order valence-corrected chi connectivity index (χ2v) is 5.08. The van der Waals surface area contributed by atoms with Crippen molar-refractivity contribution in [2.45, 2.75) is 32.6 Å². The van der Waals surface area contributed by atoms with Crippen molar-refractivity contribution in [2.24, 2.45) is 0 Å². The van der Waals surface area contributed by atoms with Crippen LogP contribution in [0.25, 0.3) is 0 Å². The first-order chi connectivity index (χ1) is 9.63. The van der Waals surface area contributed by atoms with Crippen LogP contribution >= 0.6 is 0 Å². The van der Waals surface area contributed by atoms with Crippen molar-refractivity contribution in [1.82, 2.24) is 10.1 Å². The molecule has 6 heteroatoms. The van der Waals surface area contributed by atoms with Crippen molar-refractivity contribution in [3.63, 3.8) is 0 Å². The molecule has 2 aromatic rings. The minimum atomic E-state index is -0.338. The lowest BCUT2D eigenvalue weighted by molar-refractivity contribution is 0.262. The van der Waals surface area contributed by atoms with Gasteiger partial charge in [-0.05, 0) is 38.3 Å². The Morgan fingerprint density at radius 1 is 1.30 bits per heavy atom. The number of urea groups is 1. The summed E-state index contributed by atoms with van der Waals surface area (Å²) in [7, 11) is 0. The first-order valence-electron chi connectivity index (χ1n) is 6.60. The lowest BCUT2D eigenvalue weighted by Gasteiger charge is -2.07. The number of nitrogens with zero attached hydrogens (tertiary/aromatic N) is 2. The molecule has 0 radical (unpaired) electrons. The highest BCUT2D eigenvalue weighted by atomic mass is 16.5. The van der Waals surface area contributed by atoms with Crippen LogP contribution in [0, 0.1) is 13.8 Å². The molecule has 6 nitrogen and oxygen atoms in total. The Labute approximate surface area is 116 Å². The van der Waals surface area contributed by atoms with Crippen molar-refractivity contribution in [1.29, 1.82) is 0 Å². The molecule has 1 aliphatic carbocycles. The number of carbonyl (C=O) groups is 1. The van der Waals surface area contributed by atoms with Gasteiger partial charge in [0.25, 0.3) is 0 Å². The molecule has 2 heterocycles. The van der Waals surface area contributed by atoms with Crippen molar-refractivity contribution in [3.05, 3.63) is 35.3 Å². The van der Waals surface area contributed by atoms with E-state index in [0.29, 0.717) is 23.1 Å². The molecule has 2 aromatic heterocycles. The maximum absolute atomic E-state index is 12.0. The number of carbonyl (C=O) groups excluding carboxylic acids is 1. The molecule has 2 amide bonds. The van der Waals surface area contributed by atoms with E-state index in [1.807, 2.05) is 19.9 Å². The van der Waals surface area contributed by atoms with Crippen LogP contribution in [-0.4, -0.2) is 16.2 Å². The molecular weight excluding hydrogens is 256 g/mol. The zero-order chi connectivity index (χ0) is 14.1. The van der Waals surface area contributed by atoms with Gasteiger partial charge < -0.3 is 9.84 Å². The predicted molar refractivity (Wildman–Crippen MR) is 74.8 cm³/mol. The van der Waals surface area contributed by atoms with Crippen LogP contribution < -0.4 is 10.6 Å². The van der Waals surface area contributed by atoms with Gasteiger partial charge in [-0.15, -0.1) is 0 Å². The first-order valence-corrected chi connectivity index (χ1v) is 6.60. The summed E-state index contributed by atoms with van der Waals surface area (Å²) < 4.78 is 5.28. The van der Waals surface area contributed by atoms with Gasteiger partial charge in [0.2, 0.25) is 0 Å². The Morgan fingerprint density at radius 2 is 2.10 bits per heavy atom. The molecule has 1 aliphatic rings. The van der Waals surface area contributed by atoms with E-state index >= 15 is 0 Å².